The number of rotatable bonds is 5. The molecule has 4 nitrogen and oxygen atoms in total. The van der Waals surface area contributed by atoms with E-state index in [4.69, 9.17) is 9.92 Å². The van der Waals surface area contributed by atoms with Crippen LogP contribution in [0.25, 0.3) is 0 Å². The summed E-state index contributed by atoms with van der Waals surface area (Å²) in [6.45, 7) is 0.554. The van der Waals surface area contributed by atoms with Crippen LogP contribution in [0.5, 0.6) is 0 Å². The third-order valence-electron chi connectivity index (χ3n) is 1.62. The Kier molecular flexibility index (Phi) is 8.30. The Labute approximate surface area is 133 Å². The standard InChI is InChI=1S/C9H13NO3S.K.H/c10-7-4-8-13-14(11,12)9-5-2-1-3-6-9;;/h1-3,5-6H,4,7-8,10H2;;. The summed E-state index contributed by atoms with van der Waals surface area (Å²) in [5.74, 6) is 0. The van der Waals surface area contributed by atoms with Gasteiger partial charge in [-0.25, -0.2) is 0 Å². The monoisotopic (exact) mass is 255 g/mol. The third kappa shape index (κ3) is 5.55. The van der Waals surface area contributed by atoms with Gasteiger partial charge in [0.05, 0.1) is 11.5 Å². The van der Waals surface area contributed by atoms with E-state index in [-0.39, 0.29) is 62.9 Å². The second-order valence-corrected chi connectivity index (χ2v) is 4.35. The summed E-state index contributed by atoms with van der Waals surface area (Å²) >= 11 is 0. The molecular formula is C9H14KNO3S. The van der Waals surface area contributed by atoms with Crippen molar-refractivity contribution in [1.29, 1.82) is 0 Å². The molecule has 0 spiro atoms. The quantitative estimate of drug-likeness (QED) is 0.460. The molecule has 1 aromatic rings. The average molecular weight is 255 g/mol. The molecule has 0 bridgehead atoms. The minimum absolute atomic E-state index is 0. The summed E-state index contributed by atoms with van der Waals surface area (Å²) in [5.41, 5.74) is 5.22. The van der Waals surface area contributed by atoms with Gasteiger partial charge in [0.1, 0.15) is 0 Å². The van der Waals surface area contributed by atoms with Crippen molar-refractivity contribution >= 4 is 61.5 Å². The zero-order valence-electron chi connectivity index (χ0n) is 7.72. The normalized spacial score (nSPS) is 10.7. The molecule has 0 fully saturated rings. The van der Waals surface area contributed by atoms with E-state index in [1.807, 2.05) is 0 Å². The third-order valence-corrected chi connectivity index (χ3v) is 2.95. The molecule has 0 aliphatic carbocycles. The van der Waals surface area contributed by atoms with Gasteiger partial charge in [0.2, 0.25) is 0 Å². The van der Waals surface area contributed by atoms with E-state index < -0.39 is 10.1 Å². The molecule has 0 aliphatic heterocycles. The van der Waals surface area contributed by atoms with E-state index in [1.165, 1.54) is 12.1 Å². The van der Waals surface area contributed by atoms with Crippen LogP contribution in [0.2, 0.25) is 0 Å². The van der Waals surface area contributed by atoms with Crippen molar-refractivity contribution in [2.75, 3.05) is 13.2 Å². The molecule has 0 atom stereocenters. The van der Waals surface area contributed by atoms with Crippen LogP contribution < -0.4 is 5.73 Å². The predicted molar refractivity (Wildman–Crippen MR) is 60.4 cm³/mol. The van der Waals surface area contributed by atoms with E-state index in [9.17, 15) is 8.42 Å². The second kappa shape index (κ2) is 7.91. The molecule has 0 unspecified atom stereocenters. The molecule has 2 N–H and O–H groups in total. The number of benzene rings is 1. The van der Waals surface area contributed by atoms with Crippen molar-refractivity contribution in [1.82, 2.24) is 0 Å². The first-order valence-corrected chi connectivity index (χ1v) is 5.72. The fraction of sp³-hybridized carbons (Fsp3) is 0.333. The Balaban J connectivity index is 0.00000196. The Bertz CT molecular complexity index is 366. The summed E-state index contributed by atoms with van der Waals surface area (Å²) in [6.07, 6.45) is 0.534. The van der Waals surface area contributed by atoms with Gasteiger partial charge in [-0.2, -0.15) is 8.42 Å². The Morgan fingerprint density at radius 3 is 2.33 bits per heavy atom. The van der Waals surface area contributed by atoms with E-state index >= 15 is 0 Å². The van der Waals surface area contributed by atoms with E-state index in [0.29, 0.717) is 13.0 Å². The van der Waals surface area contributed by atoms with E-state index in [1.54, 1.807) is 18.2 Å². The van der Waals surface area contributed by atoms with Crippen molar-refractivity contribution < 1.29 is 12.6 Å². The van der Waals surface area contributed by atoms with Gasteiger partial charge in [0.15, 0.2) is 0 Å². The molecule has 0 heterocycles. The summed E-state index contributed by atoms with van der Waals surface area (Å²) in [6, 6.07) is 8.05. The molecule has 0 saturated carbocycles. The van der Waals surface area contributed by atoms with Crippen LogP contribution in [0.15, 0.2) is 35.2 Å². The first-order valence-electron chi connectivity index (χ1n) is 4.31. The summed E-state index contributed by atoms with van der Waals surface area (Å²) in [4.78, 5) is 0.178. The summed E-state index contributed by atoms with van der Waals surface area (Å²) < 4.78 is 27.6. The first-order chi connectivity index (χ1) is 6.67. The molecule has 0 radical (unpaired) electrons. The Hall–Kier alpha value is 0.726. The maximum absolute atomic E-state index is 11.4. The zero-order valence-corrected chi connectivity index (χ0v) is 8.53. The van der Waals surface area contributed by atoms with Gasteiger partial charge < -0.3 is 5.73 Å². The number of hydrogen-bond acceptors (Lipinski definition) is 4. The molecule has 80 valence electrons. The van der Waals surface area contributed by atoms with Crippen LogP contribution in [-0.4, -0.2) is 73.0 Å². The van der Waals surface area contributed by atoms with Crippen molar-refractivity contribution in [3.63, 3.8) is 0 Å². The molecule has 0 aromatic heterocycles. The average Bonchev–Trinajstić information content (AvgIpc) is 2.19. The fourth-order valence-electron chi connectivity index (χ4n) is 0.907. The van der Waals surface area contributed by atoms with Crippen LogP contribution in [0.4, 0.5) is 0 Å². The van der Waals surface area contributed by atoms with Gasteiger partial charge in [0, 0.05) is 0 Å². The van der Waals surface area contributed by atoms with Crippen molar-refractivity contribution in [3.05, 3.63) is 30.3 Å². The van der Waals surface area contributed by atoms with Crippen LogP contribution in [0.3, 0.4) is 0 Å². The van der Waals surface area contributed by atoms with Gasteiger partial charge in [0.25, 0.3) is 10.1 Å². The van der Waals surface area contributed by atoms with Gasteiger partial charge in [-0.05, 0) is 25.1 Å². The molecule has 15 heavy (non-hydrogen) atoms. The number of nitrogens with two attached hydrogens (primary N) is 1. The Morgan fingerprint density at radius 2 is 1.80 bits per heavy atom. The van der Waals surface area contributed by atoms with Gasteiger partial charge >= 0.3 is 51.4 Å². The van der Waals surface area contributed by atoms with Crippen LogP contribution >= 0.6 is 0 Å². The Morgan fingerprint density at radius 1 is 1.20 bits per heavy atom. The van der Waals surface area contributed by atoms with Crippen LogP contribution in [0.1, 0.15) is 6.42 Å². The number of hydrogen-bond donors (Lipinski definition) is 1. The molecule has 1 rings (SSSR count). The molecule has 0 saturated heterocycles. The SMILES string of the molecule is NCCCOS(=O)(=O)c1ccccc1.[KH]. The minimum atomic E-state index is -3.59. The molecule has 6 heteroatoms. The van der Waals surface area contributed by atoms with Crippen LogP contribution in [-0.2, 0) is 14.3 Å². The van der Waals surface area contributed by atoms with Crippen molar-refractivity contribution in [2.45, 2.75) is 11.3 Å². The topological polar surface area (TPSA) is 69.4 Å². The van der Waals surface area contributed by atoms with Crippen molar-refractivity contribution in [3.8, 4) is 0 Å². The summed E-state index contributed by atoms with van der Waals surface area (Å²) in [5, 5.41) is 0. The predicted octanol–water partition coefficient (Wildman–Crippen LogP) is 0.0922. The zero-order chi connectivity index (χ0) is 10.4. The summed E-state index contributed by atoms with van der Waals surface area (Å²) in [7, 11) is -3.59. The van der Waals surface area contributed by atoms with Gasteiger partial charge in [-0.3, -0.25) is 4.18 Å². The van der Waals surface area contributed by atoms with Crippen LogP contribution in [0, 0.1) is 0 Å². The van der Waals surface area contributed by atoms with Gasteiger partial charge in [-0.1, -0.05) is 18.2 Å². The maximum atomic E-state index is 11.4. The van der Waals surface area contributed by atoms with Gasteiger partial charge in [-0.15, -0.1) is 0 Å². The molecule has 1 aromatic carbocycles. The van der Waals surface area contributed by atoms with Crippen molar-refractivity contribution in [2.24, 2.45) is 5.73 Å². The van der Waals surface area contributed by atoms with E-state index in [0.717, 1.165) is 0 Å². The molecule has 0 amide bonds. The second-order valence-electron chi connectivity index (χ2n) is 2.73. The molecule has 0 aliphatic rings. The molecular weight excluding hydrogens is 241 g/mol. The fourth-order valence-corrected chi connectivity index (χ4v) is 1.87. The first kappa shape index (κ1) is 15.7. The van der Waals surface area contributed by atoms with E-state index in [2.05, 4.69) is 0 Å².